The number of esters is 2. The van der Waals surface area contributed by atoms with Crippen LogP contribution in [0.5, 0.6) is 0 Å². The first-order valence-electron chi connectivity index (χ1n) is 19.0. The van der Waals surface area contributed by atoms with E-state index in [0.29, 0.717) is 5.57 Å². The first-order chi connectivity index (χ1) is 25.5. The van der Waals surface area contributed by atoms with Gasteiger partial charge in [-0.25, -0.2) is 4.79 Å². The maximum absolute atomic E-state index is 13.9. The molecule has 4 nitrogen and oxygen atoms in total. The van der Waals surface area contributed by atoms with Gasteiger partial charge in [-0.15, -0.1) is 0 Å². The van der Waals surface area contributed by atoms with Crippen LogP contribution in [0.4, 0.5) is 0 Å². The summed E-state index contributed by atoms with van der Waals surface area (Å²) in [6.07, 6.45) is 3.98. The molecule has 0 radical (unpaired) electrons. The van der Waals surface area contributed by atoms with Crippen LogP contribution in [0.1, 0.15) is 75.6 Å². The lowest BCUT2D eigenvalue weighted by atomic mass is 9.81. The van der Waals surface area contributed by atoms with Gasteiger partial charge in [-0.05, 0) is 127 Å². The van der Waals surface area contributed by atoms with E-state index >= 15 is 0 Å². The van der Waals surface area contributed by atoms with Crippen LogP contribution in [-0.2, 0) is 30.3 Å². The van der Waals surface area contributed by atoms with Gasteiger partial charge in [0.2, 0.25) is 0 Å². The van der Waals surface area contributed by atoms with E-state index in [9.17, 15) is 9.59 Å². The molecular weight excluding hydrogens is 653 g/mol. The third-order valence-electron chi connectivity index (χ3n) is 12.1. The van der Waals surface area contributed by atoms with Gasteiger partial charge >= 0.3 is 11.9 Å². The number of hydrogen-bond donors (Lipinski definition) is 0. The van der Waals surface area contributed by atoms with Crippen LogP contribution in [-0.4, -0.2) is 11.9 Å². The molecule has 4 aliphatic rings. The fourth-order valence-electron chi connectivity index (χ4n) is 9.34. The van der Waals surface area contributed by atoms with E-state index in [1.54, 1.807) is 6.92 Å². The minimum absolute atomic E-state index is 0.174. The predicted octanol–water partition coefficient (Wildman–Crippen LogP) is 11.6. The van der Waals surface area contributed by atoms with E-state index in [1.807, 2.05) is 20.8 Å². The van der Waals surface area contributed by atoms with Crippen LogP contribution in [0.3, 0.4) is 0 Å². The van der Waals surface area contributed by atoms with Crippen molar-refractivity contribution in [1.82, 2.24) is 0 Å². The second-order valence-electron chi connectivity index (χ2n) is 16.8. The number of ether oxygens (including phenoxy) is 2. The molecule has 6 aromatic rings. The summed E-state index contributed by atoms with van der Waals surface area (Å²) < 4.78 is 13.5. The zero-order valence-electron chi connectivity index (χ0n) is 30.7. The molecule has 6 aromatic carbocycles. The molecule has 53 heavy (non-hydrogen) atoms. The Morgan fingerprint density at radius 1 is 0.604 bits per heavy atom. The summed E-state index contributed by atoms with van der Waals surface area (Å²) in [5.74, 6) is -0.169. The molecule has 10 rings (SSSR count). The molecule has 2 fully saturated rings. The summed E-state index contributed by atoms with van der Waals surface area (Å²) in [5, 5.41) is 4.50. The zero-order chi connectivity index (χ0) is 36.4. The zero-order valence-corrected chi connectivity index (χ0v) is 30.7. The average Bonchev–Trinajstić information content (AvgIpc) is 4.10. The number of carbonyl (C=O) groups is 2. The number of benzene rings is 6. The Morgan fingerprint density at radius 3 is 1.94 bits per heavy atom. The smallest absolute Gasteiger partial charge is 0.334 e. The predicted molar refractivity (Wildman–Crippen MR) is 211 cm³/mol. The first-order valence-corrected chi connectivity index (χ1v) is 19.0. The Labute approximate surface area is 310 Å². The van der Waals surface area contributed by atoms with Crippen molar-refractivity contribution in [3.05, 3.63) is 144 Å². The lowest BCUT2D eigenvalue weighted by molar-refractivity contribution is -0.168. The molecule has 0 amide bonds. The molecule has 0 spiro atoms. The Kier molecular flexibility index (Phi) is 6.69. The van der Waals surface area contributed by atoms with Crippen molar-refractivity contribution in [3.63, 3.8) is 0 Å². The van der Waals surface area contributed by atoms with Crippen molar-refractivity contribution >= 4 is 33.5 Å². The summed E-state index contributed by atoms with van der Waals surface area (Å²) in [6, 6.07) is 39.1. The first kappa shape index (κ1) is 32.2. The highest BCUT2D eigenvalue weighted by atomic mass is 16.6. The van der Waals surface area contributed by atoms with Gasteiger partial charge in [0.1, 0.15) is 0 Å². The number of fused-ring (bicyclic) bond motifs is 9. The Morgan fingerprint density at radius 2 is 1.23 bits per heavy atom. The van der Waals surface area contributed by atoms with Crippen molar-refractivity contribution in [2.75, 3.05) is 0 Å². The van der Waals surface area contributed by atoms with E-state index in [4.69, 9.17) is 9.47 Å². The molecule has 0 saturated heterocycles. The third-order valence-corrected chi connectivity index (χ3v) is 12.1. The summed E-state index contributed by atoms with van der Waals surface area (Å²) >= 11 is 0. The molecule has 4 aliphatic carbocycles. The molecule has 2 unspecified atom stereocenters. The second-order valence-corrected chi connectivity index (χ2v) is 16.8. The maximum atomic E-state index is 13.9. The third kappa shape index (κ3) is 4.54. The van der Waals surface area contributed by atoms with E-state index in [1.165, 1.54) is 0 Å². The average molecular weight is 695 g/mol. The highest BCUT2D eigenvalue weighted by molar-refractivity contribution is 6.05. The molecule has 4 heteroatoms. The monoisotopic (exact) mass is 694 g/mol. The van der Waals surface area contributed by atoms with E-state index < -0.39 is 16.6 Å². The quantitative estimate of drug-likeness (QED) is 0.129. The fraction of sp³-hybridized carbons (Fsp3) is 0.265. The van der Waals surface area contributed by atoms with Crippen molar-refractivity contribution in [3.8, 4) is 33.4 Å². The Bertz CT molecular complexity index is 2600. The molecule has 0 aliphatic heterocycles. The van der Waals surface area contributed by atoms with Gasteiger partial charge in [0, 0.05) is 39.7 Å². The molecule has 2 saturated carbocycles. The largest absolute Gasteiger partial charge is 0.448 e. The van der Waals surface area contributed by atoms with Gasteiger partial charge in [0.15, 0.2) is 11.2 Å². The molecule has 0 N–H and O–H groups in total. The standard InChI is InChI=1S/C49H42O4/c1-28(2)45(50)52-48(32-18-19-32)42-27-31(17-22-37(42)40-25-29-11-6-7-12-30(29)26-43(40)48)34-14-10-15-38-35(34)23-24-39-36-13-8-9-16-41(36)49(44(38)39,33-20-21-33)53-46(51)47(3,4)5/h6-17,22-27,32-33H,1,18-21H2,2-5H3. The van der Waals surface area contributed by atoms with Crippen LogP contribution < -0.4 is 0 Å². The van der Waals surface area contributed by atoms with Crippen LogP contribution >= 0.6 is 0 Å². The molecular formula is C49H42O4. The Balaban J connectivity index is 1.20. The van der Waals surface area contributed by atoms with Gasteiger partial charge in [-0.3, -0.25) is 4.79 Å². The van der Waals surface area contributed by atoms with Gasteiger partial charge in [0.25, 0.3) is 0 Å². The van der Waals surface area contributed by atoms with Crippen LogP contribution in [0.25, 0.3) is 54.9 Å². The number of carbonyl (C=O) groups excluding carboxylic acids is 2. The van der Waals surface area contributed by atoms with Crippen molar-refractivity contribution in [2.45, 2.75) is 64.6 Å². The summed E-state index contributed by atoms with van der Waals surface area (Å²) in [5.41, 5.74) is 8.92. The molecule has 262 valence electrons. The topological polar surface area (TPSA) is 52.6 Å². The van der Waals surface area contributed by atoms with E-state index in [-0.39, 0.29) is 23.8 Å². The second kappa shape index (κ2) is 11.0. The van der Waals surface area contributed by atoms with E-state index in [2.05, 4.69) is 116 Å². The molecule has 0 bridgehead atoms. The lowest BCUT2D eigenvalue weighted by Crippen LogP contribution is -2.38. The maximum Gasteiger partial charge on any atom is 0.334 e. The summed E-state index contributed by atoms with van der Waals surface area (Å²) in [7, 11) is 0. The highest BCUT2D eigenvalue weighted by Gasteiger charge is 2.58. The highest BCUT2D eigenvalue weighted by Crippen LogP contribution is 2.64. The lowest BCUT2D eigenvalue weighted by Gasteiger charge is -2.35. The van der Waals surface area contributed by atoms with Crippen molar-refractivity contribution < 1.29 is 19.1 Å². The van der Waals surface area contributed by atoms with Crippen molar-refractivity contribution in [1.29, 1.82) is 0 Å². The fourth-order valence-corrected chi connectivity index (χ4v) is 9.34. The van der Waals surface area contributed by atoms with E-state index in [0.717, 1.165) is 103 Å². The SMILES string of the molecule is C=C(C)C(=O)OC1(C2CC2)c2cc(-c3cccc4c5c(ccc34)-c3ccccc3C5(OC(=O)C(C)(C)C)C3CC3)ccc2-c2cc3ccccc3cc21. The summed E-state index contributed by atoms with van der Waals surface area (Å²) in [6.45, 7) is 11.5. The minimum atomic E-state index is -0.906. The van der Waals surface area contributed by atoms with Crippen LogP contribution in [0, 0.1) is 17.3 Å². The normalized spacial score (nSPS) is 21.1. The number of rotatable bonds is 6. The molecule has 0 heterocycles. The van der Waals surface area contributed by atoms with Gasteiger partial charge < -0.3 is 9.47 Å². The molecule has 0 aromatic heterocycles. The number of hydrogen-bond acceptors (Lipinski definition) is 4. The van der Waals surface area contributed by atoms with Gasteiger partial charge in [-0.1, -0.05) is 97.6 Å². The molecule has 2 atom stereocenters. The van der Waals surface area contributed by atoms with Gasteiger partial charge in [0.05, 0.1) is 5.41 Å². The summed E-state index contributed by atoms with van der Waals surface area (Å²) in [4.78, 5) is 27.4. The van der Waals surface area contributed by atoms with Crippen molar-refractivity contribution in [2.24, 2.45) is 17.3 Å². The van der Waals surface area contributed by atoms with Gasteiger partial charge in [-0.2, -0.15) is 0 Å². The van der Waals surface area contributed by atoms with Crippen LogP contribution in [0.2, 0.25) is 0 Å². The Hall–Kier alpha value is -5.48. The minimum Gasteiger partial charge on any atom is -0.448 e. The van der Waals surface area contributed by atoms with Crippen LogP contribution in [0.15, 0.2) is 121 Å².